The van der Waals surface area contributed by atoms with E-state index in [-0.39, 0.29) is 17.1 Å². The van der Waals surface area contributed by atoms with Gasteiger partial charge >= 0.3 is 0 Å². The van der Waals surface area contributed by atoms with Crippen LogP contribution in [0.3, 0.4) is 0 Å². The van der Waals surface area contributed by atoms with E-state index in [1.54, 1.807) is 31.3 Å². The normalized spacial score (nSPS) is 15.8. The van der Waals surface area contributed by atoms with Crippen molar-refractivity contribution in [3.63, 3.8) is 0 Å². The van der Waals surface area contributed by atoms with Gasteiger partial charge in [0.25, 0.3) is 5.91 Å². The molecule has 6 heteroatoms. The first-order valence-electron chi connectivity index (χ1n) is 7.02. The number of rotatable bonds is 4. The molecule has 0 aromatic carbocycles. The minimum atomic E-state index is -0.0575. The summed E-state index contributed by atoms with van der Waals surface area (Å²) in [6, 6.07) is 2.06. The van der Waals surface area contributed by atoms with Crippen molar-refractivity contribution in [3.05, 3.63) is 29.1 Å². The average molecular weight is 309 g/mol. The molecule has 1 amide bonds. The van der Waals surface area contributed by atoms with E-state index in [9.17, 15) is 4.79 Å². The highest BCUT2D eigenvalue weighted by atomic mass is 35.5. The van der Waals surface area contributed by atoms with Crippen molar-refractivity contribution < 1.29 is 4.79 Å². The van der Waals surface area contributed by atoms with Crippen LogP contribution in [0.2, 0.25) is 0 Å². The number of amides is 1. The van der Waals surface area contributed by atoms with Gasteiger partial charge in [-0.15, -0.1) is 0 Å². The Kier molecular flexibility index (Phi) is 4.73. The standard InChI is InChI=1S/C15H21ClN4O/c1-10(16)18-9-11-8-13(15(21)19(2)3)20(14(11)17)12-6-4-5-7-12/h8-9,12H,1,4-7,17H2,2-3H3. The highest BCUT2D eigenvalue weighted by Gasteiger charge is 2.26. The number of hydrogen-bond donors (Lipinski definition) is 1. The quantitative estimate of drug-likeness (QED) is 0.686. The molecule has 5 nitrogen and oxygen atoms in total. The third-order valence-corrected chi connectivity index (χ3v) is 3.86. The molecule has 0 radical (unpaired) electrons. The zero-order chi connectivity index (χ0) is 15.6. The molecule has 1 aromatic heterocycles. The van der Waals surface area contributed by atoms with E-state index in [1.165, 1.54) is 12.8 Å². The van der Waals surface area contributed by atoms with Gasteiger partial charge in [-0.3, -0.25) is 4.79 Å². The summed E-state index contributed by atoms with van der Waals surface area (Å²) >= 11 is 5.65. The Bertz CT molecular complexity index is 583. The van der Waals surface area contributed by atoms with Crippen molar-refractivity contribution in [1.82, 2.24) is 9.47 Å². The number of nitrogens with two attached hydrogens (primary N) is 1. The Balaban J connectivity index is 2.48. The van der Waals surface area contributed by atoms with E-state index in [0.29, 0.717) is 17.1 Å². The van der Waals surface area contributed by atoms with Gasteiger partial charge < -0.3 is 15.2 Å². The Hall–Kier alpha value is -1.75. The van der Waals surface area contributed by atoms with Gasteiger partial charge in [-0.25, -0.2) is 4.99 Å². The molecule has 1 heterocycles. The lowest BCUT2D eigenvalue weighted by molar-refractivity contribution is 0.0815. The maximum Gasteiger partial charge on any atom is 0.270 e. The second-order valence-corrected chi connectivity index (χ2v) is 5.95. The number of hydrogen-bond acceptors (Lipinski definition) is 3. The van der Waals surface area contributed by atoms with Crippen LogP contribution < -0.4 is 5.73 Å². The fraction of sp³-hybridized carbons (Fsp3) is 0.467. The molecular weight excluding hydrogens is 288 g/mol. The van der Waals surface area contributed by atoms with E-state index in [4.69, 9.17) is 17.3 Å². The van der Waals surface area contributed by atoms with Crippen molar-refractivity contribution in [3.8, 4) is 0 Å². The van der Waals surface area contributed by atoms with Crippen molar-refractivity contribution in [2.45, 2.75) is 31.7 Å². The number of halogens is 1. The first kappa shape index (κ1) is 15.6. The minimum Gasteiger partial charge on any atom is -0.385 e. The maximum absolute atomic E-state index is 12.4. The highest BCUT2D eigenvalue weighted by Crippen LogP contribution is 2.35. The maximum atomic E-state index is 12.4. The molecule has 2 N–H and O–H groups in total. The van der Waals surface area contributed by atoms with Gasteiger partial charge in [0.15, 0.2) is 0 Å². The van der Waals surface area contributed by atoms with Crippen LogP contribution in [0.25, 0.3) is 0 Å². The van der Waals surface area contributed by atoms with Gasteiger partial charge in [0.05, 0.1) is 0 Å². The average Bonchev–Trinajstić information content (AvgIpc) is 3.03. The van der Waals surface area contributed by atoms with Crippen LogP contribution in [0.1, 0.15) is 47.8 Å². The molecule has 1 fully saturated rings. The summed E-state index contributed by atoms with van der Waals surface area (Å²) in [6.45, 7) is 3.51. The molecule has 2 rings (SSSR count). The zero-order valence-electron chi connectivity index (χ0n) is 12.5. The number of anilines is 1. The second-order valence-electron chi connectivity index (χ2n) is 5.51. The number of nitrogens with zero attached hydrogens (tertiary/aromatic N) is 3. The van der Waals surface area contributed by atoms with Crippen molar-refractivity contribution in [1.29, 1.82) is 0 Å². The first-order chi connectivity index (χ1) is 9.91. The van der Waals surface area contributed by atoms with Crippen molar-refractivity contribution >= 4 is 29.5 Å². The zero-order valence-corrected chi connectivity index (χ0v) is 13.2. The van der Waals surface area contributed by atoms with E-state index in [0.717, 1.165) is 12.8 Å². The lowest BCUT2D eigenvalue weighted by Crippen LogP contribution is -2.26. The van der Waals surface area contributed by atoms with Gasteiger partial charge in [-0.1, -0.05) is 31.0 Å². The Morgan fingerprint density at radius 3 is 2.67 bits per heavy atom. The molecule has 1 aromatic rings. The Morgan fingerprint density at radius 1 is 1.52 bits per heavy atom. The SMILES string of the molecule is C=C(Cl)N=Cc1cc(C(=O)N(C)C)n(C2CCCC2)c1N. The smallest absolute Gasteiger partial charge is 0.270 e. The predicted molar refractivity (Wildman–Crippen MR) is 87.0 cm³/mol. The number of aliphatic imine (C=N–C) groups is 1. The summed E-state index contributed by atoms with van der Waals surface area (Å²) < 4.78 is 1.95. The first-order valence-corrected chi connectivity index (χ1v) is 7.40. The third kappa shape index (κ3) is 3.29. The molecule has 1 aliphatic carbocycles. The number of carbonyl (C=O) groups is 1. The lowest BCUT2D eigenvalue weighted by atomic mass is 10.2. The van der Waals surface area contributed by atoms with Crippen LogP contribution in [0.4, 0.5) is 5.82 Å². The summed E-state index contributed by atoms with van der Waals surface area (Å²) in [7, 11) is 3.47. The number of aromatic nitrogens is 1. The number of carbonyl (C=O) groups excluding carboxylic acids is 1. The molecule has 1 aliphatic rings. The van der Waals surface area contributed by atoms with Crippen LogP contribution in [0.15, 0.2) is 22.8 Å². The van der Waals surface area contributed by atoms with Crippen LogP contribution in [0.5, 0.6) is 0 Å². The third-order valence-electron chi connectivity index (χ3n) is 3.77. The second kappa shape index (κ2) is 6.35. The van der Waals surface area contributed by atoms with Crippen LogP contribution in [-0.2, 0) is 0 Å². The molecule has 0 spiro atoms. The van der Waals surface area contributed by atoms with E-state index in [2.05, 4.69) is 11.6 Å². The van der Waals surface area contributed by atoms with Crippen molar-refractivity contribution in [2.75, 3.05) is 19.8 Å². The molecule has 0 saturated heterocycles. The lowest BCUT2D eigenvalue weighted by Gasteiger charge is -2.19. The molecule has 0 atom stereocenters. The van der Waals surface area contributed by atoms with Crippen molar-refractivity contribution in [2.24, 2.45) is 4.99 Å². The fourth-order valence-electron chi connectivity index (χ4n) is 2.75. The minimum absolute atomic E-state index is 0.0575. The number of nitrogen functional groups attached to an aromatic ring is 1. The van der Waals surface area contributed by atoms with Crippen LogP contribution in [0, 0.1) is 0 Å². The Morgan fingerprint density at radius 2 is 2.14 bits per heavy atom. The van der Waals surface area contributed by atoms with Crippen LogP contribution in [-0.4, -0.2) is 35.7 Å². The molecule has 0 bridgehead atoms. The predicted octanol–water partition coefficient (Wildman–Crippen LogP) is 3.02. The monoisotopic (exact) mass is 308 g/mol. The summed E-state index contributed by atoms with van der Waals surface area (Å²) in [5.41, 5.74) is 7.54. The molecule has 114 valence electrons. The van der Waals surface area contributed by atoms with Gasteiger partial charge in [-0.2, -0.15) is 0 Å². The Labute approximate surface area is 130 Å². The molecule has 1 saturated carbocycles. The van der Waals surface area contributed by atoms with Gasteiger partial charge in [0, 0.05) is 31.9 Å². The topological polar surface area (TPSA) is 63.6 Å². The molecule has 21 heavy (non-hydrogen) atoms. The van der Waals surface area contributed by atoms with E-state index in [1.807, 2.05) is 4.57 Å². The highest BCUT2D eigenvalue weighted by molar-refractivity contribution is 6.29. The summed E-state index contributed by atoms with van der Waals surface area (Å²) in [5.74, 6) is 0.506. The summed E-state index contributed by atoms with van der Waals surface area (Å²) in [5, 5.41) is 0.184. The van der Waals surface area contributed by atoms with Crippen LogP contribution >= 0.6 is 11.6 Å². The fourth-order valence-corrected chi connectivity index (χ4v) is 2.80. The van der Waals surface area contributed by atoms with E-state index < -0.39 is 0 Å². The van der Waals surface area contributed by atoms with Gasteiger partial charge in [0.1, 0.15) is 16.7 Å². The largest absolute Gasteiger partial charge is 0.385 e. The molecule has 0 unspecified atom stereocenters. The van der Waals surface area contributed by atoms with Gasteiger partial charge in [0.2, 0.25) is 0 Å². The molecule has 0 aliphatic heterocycles. The van der Waals surface area contributed by atoms with Gasteiger partial charge in [-0.05, 0) is 18.9 Å². The molecular formula is C15H21ClN4O. The summed E-state index contributed by atoms with van der Waals surface area (Å²) in [4.78, 5) is 17.9. The summed E-state index contributed by atoms with van der Waals surface area (Å²) in [6.07, 6.45) is 5.99. The van der Waals surface area contributed by atoms with E-state index >= 15 is 0 Å².